The maximum atomic E-state index is 11.2. The van der Waals surface area contributed by atoms with Crippen LogP contribution in [0.25, 0.3) is 0 Å². The van der Waals surface area contributed by atoms with Crippen molar-refractivity contribution in [1.29, 1.82) is 0 Å². The molecule has 2 heterocycles. The second-order valence-electron chi connectivity index (χ2n) is 4.05. The molecule has 0 spiro atoms. The van der Waals surface area contributed by atoms with E-state index in [0.717, 1.165) is 5.56 Å². The fraction of sp³-hybridized carbons (Fsp3) is 0.154. The van der Waals surface area contributed by atoms with Crippen molar-refractivity contribution in [3.05, 3.63) is 52.4 Å². The molecule has 19 heavy (non-hydrogen) atoms. The number of carboxylic acids is 1. The Labute approximate surface area is 119 Å². The second-order valence-corrected chi connectivity index (χ2v) is 4.96. The predicted octanol–water partition coefficient (Wildman–Crippen LogP) is 2.57. The number of aromatic carboxylic acids is 1. The van der Waals surface area contributed by atoms with E-state index in [1.807, 2.05) is 12.1 Å². The van der Waals surface area contributed by atoms with Gasteiger partial charge < -0.3 is 10.0 Å². The van der Waals surface area contributed by atoms with Crippen LogP contribution in [0.2, 0.25) is 0 Å². The highest BCUT2D eigenvalue weighted by molar-refractivity contribution is 9.10. The number of aromatic nitrogens is 2. The first-order valence-corrected chi connectivity index (χ1v) is 6.36. The molecule has 98 valence electrons. The Kier molecular flexibility index (Phi) is 4.11. The molecule has 1 N–H and O–H groups in total. The van der Waals surface area contributed by atoms with Crippen LogP contribution in [0.3, 0.4) is 0 Å². The number of carbonyl (C=O) groups is 1. The van der Waals surface area contributed by atoms with Gasteiger partial charge >= 0.3 is 5.97 Å². The third kappa shape index (κ3) is 3.29. The Balaban J connectivity index is 2.28. The van der Waals surface area contributed by atoms with Crippen LogP contribution in [-0.2, 0) is 6.54 Å². The molecule has 0 amide bonds. The topological polar surface area (TPSA) is 66.3 Å². The highest BCUT2D eigenvalue weighted by Crippen LogP contribution is 2.22. The molecule has 2 aromatic rings. The van der Waals surface area contributed by atoms with Crippen molar-refractivity contribution in [3.63, 3.8) is 0 Å². The van der Waals surface area contributed by atoms with Crippen molar-refractivity contribution in [2.24, 2.45) is 0 Å². The molecule has 0 aliphatic rings. The molecule has 5 nitrogen and oxygen atoms in total. The minimum Gasteiger partial charge on any atom is -0.478 e. The quantitative estimate of drug-likeness (QED) is 0.937. The molecule has 0 saturated heterocycles. The fourth-order valence-electron chi connectivity index (χ4n) is 1.73. The van der Waals surface area contributed by atoms with E-state index in [4.69, 9.17) is 0 Å². The van der Waals surface area contributed by atoms with E-state index in [1.165, 1.54) is 0 Å². The highest BCUT2D eigenvalue weighted by atomic mass is 79.9. The SMILES string of the molecule is CN(Cc1cccnc1)c1ncc(Br)cc1C(=O)O. The van der Waals surface area contributed by atoms with Crippen molar-refractivity contribution in [2.45, 2.75) is 6.54 Å². The summed E-state index contributed by atoms with van der Waals surface area (Å²) in [5.74, 6) is -0.568. The second kappa shape index (κ2) is 5.79. The average molecular weight is 322 g/mol. The van der Waals surface area contributed by atoms with Crippen molar-refractivity contribution in [3.8, 4) is 0 Å². The normalized spacial score (nSPS) is 10.2. The lowest BCUT2D eigenvalue weighted by Crippen LogP contribution is -2.20. The lowest BCUT2D eigenvalue weighted by Gasteiger charge is -2.19. The molecule has 0 aliphatic heterocycles. The van der Waals surface area contributed by atoms with Crippen LogP contribution in [0.4, 0.5) is 5.82 Å². The van der Waals surface area contributed by atoms with Gasteiger partial charge in [0.05, 0.1) is 0 Å². The van der Waals surface area contributed by atoms with Crippen LogP contribution >= 0.6 is 15.9 Å². The maximum absolute atomic E-state index is 11.2. The summed E-state index contributed by atoms with van der Waals surface area (Å²) in [5, 5.41) is 9.21. The standard InChI is InChI=1S/C13H12BrN3O2/c1-17(8-9-3-2-4-15-6-9)12-11(13(18)19)5-10(14)7-16-12/h2-7H,8H2,1H3,(H,18,19). The molecule has 0 aliphatic carbocycles. The molecule has 0 bridgehead atoms. The zero-order valence-corrected chi connectivity index (χ0v) is 11.8. The van der Waals surface area contributed by atoms with Gasteiger partial charge in [0.25, 0.3) is 0 Å². The Morgan fingerprint density at radius 3 is 2.89 bits per heavy atom. The molecule has 6 heteroatoms. The summed E-state index contributed by atoms with van der Waals surface area (Å²) in [6, 6.07) is 5.32. The maximum Gasteiger partial charge on any atom is 0.339 e. The zero-order chi connectivity index (χ0) is 13.8. The number of carboxylic acid groups (broad SMARTS) is 1. The number of nitrogens with zero attached hydrogens (tertiary/aromatic N) is 3. The molecule has 0 aromatic carbocycles. The van der Waals surface area contributed by atoms with Crippen LogP contribution in [0.15, 0.2) is 41.3 Å². The molecule has 0 saturated carbocycles. The van der Waals surface area contributed by atoms with E-state index < -0.39 is 5.97 Å². The van der Waals surface area contributed by atoms with E-state index in [9.17, 15) is 9.90 Å². The van der Waals surface area contributed by atoms with E-state index in [1.54, 1.807) is 36.6 Å². The number of rotatable bonds is 4. The summed E-state index contributed by atoms with van der Waals surface area (Å²) in [6.45, 7) is 0.544. The molecular formula is C13H12BrN3O2. The molecule has 0 fully saturated rings. The molecule has 0 unspecified atom stereocenters. The molecule has 0 radical (unpaired) electrons. The first-order chi connectivity index (χ1) is 9.08. The van der Waals surface area contributed by atoms with Crippen LogP contribution in [0.5, 0.6) is 0 Å². The Hall–Kier alpha value is -1.95. The Bertz CT molecular complexity index is 590. The van der Waals surface area contributed by atoms with Gasteiger partial charge in [-0.3, -0.25) is 4.98 Å². The molecule has 0 atom stereocenters. The zero-order valence-electron chi connectivity index (χ0n) is 10.2. The summed E-state index contributed by atoms with van der Waals surface area (Å²) in [5.41, 5.74) is 1.16. The summed E-state index contributed by atoms with van der Waals surface area (Å²) < 4.78 is 0.642. The molecule has 2 rings (SSSR count). The Morgan fingerprint density at radius 1 is 1.47 bits per heavy atom. The highest BCUT2D eigenvalue weighted by Gasteiger charge is 2.15. The van der Waals surface area contributed by atoms with Gasteiger partial charge in [-0.1, -0.05) is 6.07 Å². The van der Waals surface area contributed by atoms with E-state index in [-0.39, 0.29) is 5.56 Å². The van der Waals surface area contributed by atoms with Crippen LogP contribution in [0.1, 0.15) is 15.9 Å². The van der Waals surface area contributed by atoms with Gasteiger partial charge in [-0.25, -0.2) is 9.78 Å². The third-order valence-electron chi connectivity index (χ3n) is 2.57. The summed E-state index contributed by atoms with van der Waals surface area (Å²) in [7, 11) is 1.80. The van der Waals surface area contributed by atoms with Gasteiger partial charge in [0, 0.05) is 36.7 Å². The van der Waals surface area contributed by atoms with E-state index >= 15 is 0 Å². The fourth-order valence-corrected chi connectivity index (χ4v) is 2.07. The van der Waals surface area contributed by atoms with Gasteiger partial charge in [-0.15, -0.1) is 0 Å². The molecule has 2 aromatic heterocycles. The minimum absolute atomic E-state index is 0.167. The van der Waals surface area contributed by atoms with Gasteiger partial charge in [0.15, 0.2) is 0 Å². The van der Waals surface area contributed by atoms with Crippen molar-refractivity contribution < 1.29 is 9.90 Å². The first-order valence-electron chi connectivity index (χ1n) is 5.57. The van der Waals surface area contributed by atoms with Crippen molar-refractivity contribution in [1.82, 2.24) is 9.97 Å². The summed E-state index contributed by atoms with van der Waals surface area (Å²) >= 11 is 3.23. The van der Waals surface area contributed by atoms with Crippen molar-refractivity contribution in [2.75, 3.05) is 11.9 Å². The average Bonchev–Trinajstić information content (AvgIpc) is 2.39. The van der Waals surface area contributed by atoms with Crippen LogP contribution in [-0.4, -0.2) is 28.1 Å². The third-order valence-corrected chi connectivity index (χ3v) is 3.00. The van der Waals surface area contributed by atoms with Gasteiger partial charge in [0.1, 0.15) is 11.4 Å². The summed E-state index contributed by atoms with van der Waals surface area (Å²) in [6.07, 6.45) is 5.03. The molecular weight excluding hydrogens is 310 g/mol. The summed E-state index contributed by atoms with van der Waals surface area (Å²) in [4.78, 5) is 21.2. The number of anilines is 1. The first kappa shape index (κ1) is 13.5. The Morgan fingerprint density at radius 2 is 2.26 bits per heavy atom. The minimum atomic E-state index is -0.998. The van der Waals surface area contributed by atoms with Gasteiger partial charge in [0.2, 0.25) is 0 Å². The number of hydrogen-bond donors (Lipinski definition) is 1. The van der Waals surface area contributed by atoms with Gasteiger partial charge in [-0.2, -0.15) is 0 Å². The van der Waals surface area contributed by atoms with Crippen molar-refractivity contribution >= 4 is 27.7 Å². The van der Waals surface area contributed by atoms with Crippen LogP contribution in [0, 0.1) is 0 Å². The number of halogens is 1. The number of hydrogen-bond acceptors (Lipinski definition) is 4. The van der Waals surface area contributed by atoms with E-state index in [0.29, 0.717) is 16.8 Å². The lowest BCUT2D eigenvalue weighted by molar-refractivity contribution is 0.0697. The van der Waals surface area contributed by atoms with Gasteiger partial charge in [-0.05, 0) is 33.6 Å². The van der Waals surface area contributed by atoms with E-state index in [2.05, 4.69) is 25.9 Å². The lowest BCUT2D eigenvalue weighted by atomic mass is 10.2. The number of pyridine rings is 2. The largest absolute Gasteiger partial charge is 0.478 e. The smallest absolute Gasteiger partial charge is 0.339 e. The van der Waals surface area contributed by atoms with Crippen LogP contribution < -0.4 is 4.90 Å². The predicted molar refractivity (Wildman–Crippen MR) is 75.2 cm³/mol. The monoisotopic (exact) mass is 321 g/mol.